The van der Waals surface area contributed by atoms with Gasteiger partial charge in [-0.1, -0.05) is 23.7 Å². The van der Waals surface area contributed by atoms with Crippen molar-refractivity contribution in [1.29, 1.82) is 0 Å². The van der Waals surface area contributed by atoms with E-state index in [4.69, 9.17) is 16.3 Å². The molecule has 0 aromatic heterocycles. The number of nitrogens with zero attached hydrogens (tertiary/aromatic N) is 1. The maximum Gasteiger partial charge on any atom is 0.142 e. The smallest absolute Gasteiger partial charge is 0.142 e. The van der Waals surface area contributed by atoms with Crippen LogP contribution >= 0.6 is 11.6 Å². The maximum absolute atomic E-state index is 6.24. The van der Waals surface area contributed by atoms with Crippen molar-refractivity contribution in [3.8, 4) is 5.75 Å². The Morgan fingerprint density at radius 1 is 1.37 bits per heavy atom. The molecule has 19 heavy (non-hydrogen) atoms. The number of para-hydroxylation sites is 1. The van der Waals surface area contributed by atoms with Gasteiger partial charge in [0.25, 0.3) is 0 Å². The molecule has 1 aromatic rings. The SMILES string of the molecule is CN(C)CCCOc1c(Cl)cccc1CNC1CC1. The molecule has 1 fully saturated rings. The topological polar surface area (TPSA) is 24.5 Å². The molecule has 1 aliphatic carbocycles. The number of halogens is 1. The molecule has 0 unspecified atom stereocenters. The largest absolute Gasteiger partial charge is 0.492 e. The maximum atomic E-state index is 6.24. The lowest BCUT2D eigenvalue weighted by Crippen LogP contribution is -2.17. The zero-order chi connectivity index (χ0) is 13.7. The standard InChI is InChI=1S/C15H23ClN2O/c1-18(2)9-4-10-19-15-12(5-3-6-14(15)16)11-17-13-7-8-13/h3,5-6,13,17H,4,7-11H2,1-2H3. The minimum Gasteiger partial charge on any atom is -0.492 e. The van der Waals surface area contributed by atoms with Crippen LogP contribution in [0.25, 0.3) is 0 Å². The third-order valence-corrected chi connectivity index (χ3v) is 3.50. The predicted octanol–water partition coefficient (Wildman–Crippen LogP) is 2.92. The Balaban J connectivity index is 1.88. The lowest BCUT2D eigenvalue weighted by molar-refractivity contribution is 0.279. The number of nitrogens with one attached hydrogen (secondary N) is 1. The van der Waals surface area contributed by atoms with E-state index in [0.717, 1.165) is 30.8 Å². The van der Waals surface area contributed by atoms with Gasteiger partial charge in [0, 0.05) is 24.7 Å². The Hall–Kier alpha value is -0.770. The minimum atomic E-state index is 0.695. The van der Waals surface area contributed by atoms with Gasteiger partial charge in [-0.3, -0.25) is 0 Å². The van der Waals surface area contributed by atoms with Crippen LogP contribution in [0.1, 0.15) is 24.8 Å². The van der Waals surface area contributed by atoms with Crippen molar-refractivity contribution in [2.75, 3.05) is 27.2 Å². The highest BCUT2D eigenvalue weighted by Crippen LogP contribution is 2.29. The van der Waals surface area contributed by atoms with Gasteiger partial charge in [0.1, 0.15) is 5.75 Å². The fourth-order valence-electron chi connectivity index (χ4n) is 1.95. The second-order valence-corrected chi connectivity index (χ2v) is 5.80. The molecule has 0 bridgehead atoms. The molecule has 0 spiro atoms. The summed E-state index contributed by atoms with van der Waals surface area (Å²) in [5, 5.41) is 4.21. The van der Waals surface area contributed by atoms with Crippen molar-refractivity contribution in [2.45, 2.75) is 31.8 Å². The molecule has 1 aliphatic rings. The first-order chi connectivity index (χ1) is 9.16. The lowest BCUT2D eigenvalue weighted by atomic mass is 10.2. The van der Waals surface area contributed by atoms with Crippen molar-refractivity contribution in [3.05, 3.63) is 28.8 Å². The second kappa shape index (κ2) is 7.13. The molecule has 0 heterocycles. The molecule has 3 nitrogen and oxygen atoms in total. The van der Waals surface area contributed by atoms with Crippen LogP contribution in [0.15, 0.2) is 18.2 Å². The normalized spacial score (nSPS) is 14.9. The van der Waals surface area contributed by atoms with Crippen molar-refractivity contribution in [1.82, 2.24) is 10.2 Å². The van der Waals surface area contributed by atoms with E-state index in [-0.39, 0.29) is 0 Å². The number of rotatable bonds is 8. The predicted molar refractivity (Wildman–Crippen MR) is 80.0 cm³/mol. The second-order valence-electron chi connectivity index (χ2n) is 5.39. The Bertz CT molecular complexity index is 405. The summed E-state index contributed by atoms with van der Waals surface area (Å²) in [7, 11) is 4.14. The molecule has 2 rings (SSSR count). The molecule has 0 saturated heterocycles. The molecule has 1 N–H and O–H groups in total. The third kappa shape index (κ3) is 5.01. The van der Waals surface area contributed by atoms with E-state index in [1.54, 1.807) is 0 Å². The van der Waals surface area contributed by atoms with Crippen LogP contribution in [0, 0.1) is 0 Å². The highest BCUT2D eigenvalue weighted by molar-refractivity contribution is 6.32. The quantitative estimate of drug-likeness (QED) is 0.742. The first-order valence-corrected chi connectivity index (χ1v) is 7.33. The summed E-state index contributed by atoms with van der Waals surface area (Å²) in [6.45, 7) is 2.58. The van der Waals surface area contributed by atoms with Crippen molar-refractivity contribution >= 4 is 11.6 Å². The van der Waals surface area contributed by atoms with Crippen LogP contribution in [0.5, 0.6) is 5.75 Å². The summed E-state index contributed by atoms with van der Waals surface area (Å²) in [4.78, 5) is 2.16. The highest BCUT2D eigenvalue weighted by Gasteiger charge is 2.21. The monoisotopic (exact) mass is 282 g/mol. The van der Waals surface area contributed by atoms with Crippen LogP contribution < -0.4 is 10.1 Å². The van der Waals surface area contributed by atoms with Gasteiger partial charge in [-0.05, 0) is 39.4 Å². The van der Waals surface area contributed by atoms with E-state index in [1.807, 2.05) is 12.1 Å². The molecule has 1 saturated carbocycles. The Morgan fingerprint density at radius 3 is 2.84 bits per heavy atom. The highest BCUT2D eigenvalue weighted by atomic mass is 35.5. The van der Waals surface area contributed by atoms with E-state index in [9.17, 15) is 0 Å². The summed E-state index contributed by atoms with van der Waals surface area (Å²) < 4.78 is 5.87. The fraction of sp³-hybridized carbons (Fsp3) is 0.600. The Morgan fingerprint density at radius 2 is 2.16 bits per heavy atom. The van der Waals surface area contributed by atoms with E-state index < -0.39 is 0 Å². The van der Waals surface area contributed by atoms with Crippen LogP contribution in [0.4, 0.5) is 0 Å². The van der Waals surface area contributed by atoms with Crippen LogP contribution in [0.3, 0.4) is 0 Å². The summed E-state index contributed by atoms with van der Waals surface area (Å²) in [5.74, 6) is 0.844. The van der Waals surface area contributed by atoms with Gasteiger partial charge >= 0.3 is 0 Å². The van der Waals surface area contributed by atoms with Gasteiger partial charge in [0.05, 0.1) is 11.6 Å². The van der Waals surface area contributed by atoms with Gasteiger partial charge in [-0.2, -0.15) is 0 Å². The average molecular weight is 283 g/mol. The Labute approximate surface area is 120 Å². The van der Waals surface area contributed by atoms with Crippen LogP contribution in [-0.4, -0.2) is 38.2 Å². The molecule has 0 radical (unpaired) electrons. The van der Waals surface area contributed by atoms with Crippen LogP contribution in [-0.2, 0) is 6.54 Å². The summed E-state index contributed by atoms with van der Waals surface area (Å²) in [6.07, 6.45) is 3.59. The number of benzene rings is 1. The number of hydrogen-bond donors (Lipinski definition) is 1. The summed E-state index contributed by atoms with van der Waals surface area (Å²) in [6, 6.07) is 6.66. The zero-order valence-electron chi connectivity index (χ0n) is 11.8. The molecule has 0 atom stereocenters. The van der Waals surface area contributed by atoms with E-state index in [0.29, 0.717) is 17.7 Å². The zero-order valence-corrected chi connectivity index (χ0v) is 12.5. The third-order valence-electron chi connectivity index (χ3n) is 3.20. The molecule has 0 amide bonds. The first kappa shape index (κ1) is 14.6. The van der Waals surface area contributed by atoms with E-state index in [1.165, 1.54) is 12.8 Å². The van der Waals surface area contributed by atoms with Crippen molar-refractivity contribution in [2.24, 2.45) is 0 Å². The van der Waals surface area contributed by atoms with E-state index >= 15 is 0 Å². The average Bonchev–Trinajstić information content (AvgIpc) is 3.17. The molecule has 1 aromatic carbocycles. The van der Waals surface area contributed by atoms with Crippen molar-refractivity contribution in [3.63, 3.8) is 0 Å². The van der Waals surface area contributed by atoms with Gasteiger partial charge in [0.2, 0.25) is 0 Å². The number of ether oxygens (including phenoxy) is 1. The molecular formula is C15H23ClN2O. The Kier molecular flexibility index (Phi) is 5.49. The van der Waals surface area contributed by atoms with Crippen LogP contribution in [0.2, 0.25) is 5.02 Å². The van der Waals surface area contributed by atoms with Gasteiger partial charge in [-0.25, -0.2) is 0 Å². The molecule has 106 valence electrons. The fourth-order valence-corrected chi connectivity index (χ4v) is 2.20. The minimum absolute atomic E-state index is 0.695. The van der Waals surface area contributed by atoms with Gasteiger partial charge in [0.15, 0.2) is 0 Å². The lowest BCUT2D eigenvalue weighted by Gasteiger charge is -2.15. The number of hydrogen-bond acceptors (Lipinski definition) is 3. The summed E-state index contributed by atoms with van der Waals surface area (Å²) >= 11 is 6.24. The first-order valence-electron chi connectivity index (χ1n) is 6.95. The van der Waals surface area contributed by atoms with E-state index in [2.05, 4.69) is 30.4 Å². The molecule has 4 heteroatoms. The van der Waals surface area contributed by atoms with Crippen molar-refractivity contribution < 1.29 is 4.74 Å². The molecule has 0 aliphatic heterocycles. The summed E-state index contributed by atoms with van der Waals surface area (Å²) in [5.41, 5.74) is 1.16. The van der Waals surface area contributed by atoms with Gasteiger partial charge < -0.3 is 15.0 Å². The molecular weight excluding hydrogens is 260 g/mol. The van der Waals surface area contributed by atoms with Gasteiger partial charge in [-0.15, -0.1) is 0 Å².